The molecule has 1 heterocycles. The van der Waals surface area contributed by atoms with E-state index in [9.17, 15) is 28.8 Å². The molecule has 1 unspecified atom stereocenters. The minimum Gasteiger partial charge on any atom is -0.444 e. The van der Waals surface area contributed by atoms with Crippen molar-refractivity contribution in [2.24, 2.45) is 23.2 Å². The summed E-state index contributed by atoms with van der Waals surface area (Å²) in [5, 5.41) is 10.6. The van der Waals surface area contributed by atoms with Gasteiger partial charge in [0.05, 0.1) is 6.54 Å². The van der Waals surface area contributed by atoms with Crippen LogP contribution in [0.3, 0.4) is 0 Å². The maximum absolute atomic E-state index is 14.5. The van der Waals surface area contributed by atoms with E-state index in [0.717, 1.165) is 16.7 Å². The van der Waals surface area contributed by atoms with E-state index < -0.39 is 65.8 Å². The molecule has 1 aliphatic heterocycles. The molecule has 3 aliphatic rings. The number of likely N-dealkylation sites (tertiary alicyclic amines) is 1. The molecular weight excluding hydrogens is 650 g/mol. The summed E-state index contributed by atoms with van der Waals surface area (Å²) < 4.78 is 5.54. The van der Waals surface area contributed by atoms with Gasteiger partial charge in [-0.1, -0.05) is 74.5 Å². The third-order valence-corrected chi connectivity index (χ3v) is 10.3. The summed E-state index contributed by atoms with van der Waals surface area (Å²) in [4.78, 5) is 81.7. The molecule has 0 spiro atoms. The summed E-state index contributed by atoms with van der Waals surface area (Å²) in [7, 11) is 0. The SMILES string of the molecule is C=CCC(NC(=O)[C@@H]1[C@@H]2[C@H](CN1C(=O)[C@@H](NC(=O)OC(C)(C)C)C1Cc3ccccc3C1)C2(C)C)C(=O)C(=O)NCC(=O)NCc1ccccc1. The first kappa shape index (κ1) is 37.3. The number of Topliss-reactive ketones (excluding diaryl/α,β-unsaturated/α-hetero) is 1. The number of alkyl carbamates (subject to hydrolysis) is 1. The van der Waals surface area contributed by atoms with Crippen molar-refractivity contribution in [3.05, 3.63) is 83.9 Å². The zero-order valence-corrected chi connectivity index (χ0v) is 30.0. The van der Waals surface area contributed by atoms with Gasteiger partial charge in [0.25, 0.3) is 5.91 Å². The number of nitrogens with one attached hydrogen (secondary N) is 4. The van der Waals surface area contributed by atoms with Crippen molar-refractivity contribution in [3.63, 3.8) is 0 Å². The summed E-state index contributed by atoms with van der Waals surface area (Å²) in [6, 6.07) is 14.0. The third kappa shape index (κ3) is 8.66. The van der Waals surface area contributed by atoms with E-state index >= 15 is 0 Å². The number of ether oxygens (including phenoxy) is 1. The van der Waals surface area contributed by atoms with Gasteiger partial charge in [-0.05, 0) is 79.9 Å². The zero-order chi connectivity index (χ0) is 37.1. The number of nitrogens with zero attached hydrogens (tertiary/aromatic N) is 1. The number of benzene rings is 2. The smallest absolute Gasteiger partial charge is 0.408 e. The first-order chi connectivity index (χ1) is 24.1. The lowest BCUT2D eigenvalue weighted by atomic mass is 9.93. The van der Waals surface area contributed by atoms with E-state index in [-0.39, 0.29) is 36.1 Å². The topological polar surface area (TPSA) is 163 Å². The number of ketones is 1. The Morgan fingerprint density at radius 3 is 2.18 bits per heavy atom. The van der Waals surface area contributed by atoms with E-state index in [0.29, 0.717) is 19.4 Å². The Balaban J connectivity index is 1.28. The number of carbonyl (C=O) groups is 6. The summed E-state index contributed by atoms with van der Waals surface area (Å²) in [6.45, 7) is 13.1. The van der Waals surface area contributed by atoms with Gasteiger partial charge in [0.2, 0.25) is 23.5 Å². The molecule has 51 heavy (non-hydrogen) atoms. The van der Waals surface area contributed by atoms with E-state index in [2.05, 4.69) is 27.8 Å². The number of piperidine rings is 1. The second-order valence-electron chi connectivity index (χ2n) is 15.3. The van der Waals surface area contributed by atoms with Crippen LogP contribution < -0.4 is 21.3 Å². The normalized spacial score (nSPS) is 21.3. The van der Waals surface area contributed by atoms with Crippen LogP contribution in [0.1, 0.15) is 57.7 Å². The van der Waals surface area contributed by atoms with Gasteiger partial charge < -0.3 is 30.9 Å². The van der Waals surface area contributed by atoms with Crippen LogP contribution in [0.4, 0.5) is 4.79 Å². The average Bonchev–Trinajstić information content (AvgIpc) is 3.43. The third-order valence-electron chi connectivity index (χ3n) is 10.3. The molecule has 12 nitrogen and oxygen atoms in total. The number of fused-ring (bicyclic) bond motifs is 2. The number of rotatable bonds is 13. The Kier molecular flexibility index (Phi) is 11.0. The van der Waals surface area contributed by atoms with Crippen molar-refractivity contribution < 1.29 is 33.5 Å². The van der Waals surface area contributed by atoms with E-state index in [1.54, 1.807) is 20.8 Å². The Morgan fingerprint density at radius 1 is 0.941 bits per heavy atom. The second-order valence-corrected chi connectivity index (χ2v) is 15.3. The summed E-state index contributed by atoms with van der Waals surface area (Å²) >= 11 is 0. The number of hydrogen-bond donors (Lipinski definition) is 4. The molecule has 1 saturated heterocycles. The van der Waals surface area contributed by atoms with Gasteiger partial charge in [-0.3, -0.25) is 24.0 Å². The number of hydrogen-bond acceptors (Lipinski definition) is 7. The van der Waals surface area contributed by atoms with Crippen LogP contribution in [0.15, 0.2) is 67.3 Å². The molecule has 272 valence electrons. The lowest BCUT2D eigenvalue weighted by Gasteiger charge is -2.35. The first-order valence-electron chi connectivity index (χ1n) is 17.5. The minimum atomic E-state index is -1.26. The van der Waals surface area contributed by atoms with Gasteiger partial charge in [0.1, 0.15) is 23.7 Å². The Labute approximate surface area is 299 Å². The zero-order valence-electron chi connectivity index (χ0n) is 30.0. The number of amides is 5. The van der Waals surface area contributed by atoms with E-state index in [1.807, 2.05) is 68.4 Å². The molecule has 2 aromatic rings. The molecule has 1 saturated carbocycles. The fourth-order valence-electron chi connectivity index (χ4n) is 7.56. The van der Waals surface area contributed by atoms with Gasteiger partial charge in [0.15, 0.2) is 0 Å². The largest absolute Gasteiger partial charge is 0.444 e. The summed E-state index contributed by atoms with van der Waals surface area (Å²) in [5.74, 6) is -3.82. The van der Waals surface area contributed by atoms with E-state index in [1.165, 1.54) is 11.0 Å². The Hall–Kier alpha value is -5.00. The van der Waals surface area contributed by atoms with Gasteiger partial charge in [-0.15, -0.1) is 6.58 Å². The molecule has 0 aromatic heterocycles. The van der Waals surface area contributed by atoms with Crippen LogP contribution in [0.2, 0.25) is 0 Å². The Bertz CT molecular complexity index is 1660. The fourth-order valence-corrected chi connectivity index (χ4v) is 7.56. The fraction of sp³-hybridized carbons (Fsp3) is 0.487. The highest BCUT2D eigenvalue weighted by Crippen LogP contribution is 2.65. The highest BCUT2D eigenvalue weighted by Gasteiger charge is 2.69. The first-order valence-corrected chi connectivity index (χ1v) is 17.5. The molecule has 2 aromatic carbocycles. The molecule has 5 rings (SSSR count). The second kappa shape index (κ2) is 15.1. The van der Waals surface area contributed by atoms with Crippen molar-refractivity contribution in [1.29, 1.82) is 0 Å². The van der Waals surface area contributed by atoms with Crippen molar-refractivity contribution in [3.8, 4) is 0 Å². The van der Waals surface area contributed by atoms with Gasteiger partial charge >= 0.3 is 6.09 Å². The van der Waals surface area contributed by atoms with Gasteiger partial charge in [0, 0.05) is 13.1 Å². The van der Waals surface area contributed by atoms with Crippen LogP contribution in [0, 0.1) is 23.2 Å². The highest BCUT2D eigenvalue weighted by atomic mass is 16.6. The minimum absolute atomic E-state index is 0.0337. The Morgan fingerprint density at radius 2 is 1.57 bits per heavy atom. The molecule has 0 bridgehead atoms. The monoisotopic (exact) mass is 699 g/mol. The van der Waals surface area contributed by atoms with Gasteiger partial charge in [-0.2, -0.15) is 0 Å². The van der Waals surface area contributed by atoms with Crippen molar-refractivity contribution in [1.82, 2.24) is 26.2 Å². The highest BCUT2D eigenvalue weighted by molar-refractivity contribution is 6.38. The van der Waals surface area contributed by atoms with Crippen molar-refractivity contribution >= 4 is 35.5 Å². The van der Waals surface area contributed by atoms with Gasteiger partial charge in [-0.25, -0.2) is 4.79 Å². The standard InChI is InChI=1S/C39H49N5O7/c1-7-13-28(33(46)35(48)41-21-29(45)40-20-23-14-9-8-10-15-23)42-34(47)32-30-27(39(30,5)6)22-44(32)36(49)31(43-37(50)51-38(2,3)4)26-18-24-16-11-12-17-25(24)19-26/h7-12,14-17,26-28,30-32H,1,13,18-22H2,2-6H3,(H,40,45)(H,41,48)(H,42,47)(H,43,50)/t27-,28?,30-,31-,32-/m0/s1. The predicted molar refractivity (Wildman–Crippen MR) is 190 cm³/mol. The predicted octanol–water partition coefficient (Wildman–Crippen LogP) is 2.84. The number of carbonyl (C=O) groups excluding carboxylic acids is 6. The van der Waals surface area contributed by atoms with Crippen LogP contribution >= 0.6 is 0 Å². The average molecular weight is 700 g/mol. The van der Waals surface area contributed by atoms with Crippen molar-refractivity contribution in [2.45, 2.75) is 84.2 Å². The molecule has 2 aliphatic carbocycles. The van der Waals surface area contributed by atoms with Crippen LogP contribution in [-0.4, -0.2) is 77.2 Å². The van der Waals surface area contributed by atoms with Crippen LogP contribution in [-0.2, 0) is 48.1 Å². The van der Waals surface area contributed by atoms with E-state index in [4.69, 9.17) is 4.74 Å². The molecule has 5 atom stereocenters. The molecular formula is C39H49N5O7. The molecule has 5 amide bonds. The maximum Gasteiger partial charge on any atom is 0.408 e. The molecule has 4 N–H and O–H groups in total. The van der Waals surface area contributed by atoms with Crippen molar-refractivity contribution in [2.75, 3.05) is 13.1 Å². The quantitative estimate of drug-likeness (QED) is 0.185. The summed E-state index contributed by atoms with van der Waals surface area (Å²) in [6.07, 6.45) is 1.79. The maximum atomic E-state index is 14.5. The lowest BCUT2D eigenvalue weighted by Crippen LogP contribution is -2.60. The summed E-state index contributed by atoms with van der Waals surface area (Å²) in [5.41, 5.74) is 2.05. The molecule has 0 radical (unpaired) electrons. The van der Waals surface area contributed by atoms with Crippen LogP contribution in [0.5, 0.6) is 0 Å². The van der Waals surface area contributed by atoms with Crippen LogP contribution in [0.25, 0.3) is 0 Å². The molecule has 2 fully saturated rings. The lowest BCUT2D eigenvalue weighted by molar-refractivity contribution is -0.144. The molecule has 12 heteroatoms.